The van der Waals surface area contributed by atoms with Crippen LogP contribution in [0.1, 0.15) is 24.4 Å². The molecule has 0 unspecified atom stereocenters. The number of nitrogens with one attached hydrogen (secondary N) is 2. The van der Waals surface area contributed by atoms with E-state index in [-0.39, 0.29) is 17.8 Å². The van der Waals surface area contributed by atoms with Gasteiger partial charge in [0.05, 0.1) is 24.9 Å². The van der Waals surface area contributed by atoms with Crippen molar-refractivity contribution in [2.45, 2.75) is 24.9 Å². The van der Waals surface area contributed by atoms with Gasteiger partial charge in [-0.2, -0.15) is 0 Å². The van der Waals surface area contributed by atoms with Gasteiger partial charge in [0, 0.05) is 12.0 Å². The lowest BCUT2D eigenvalue weighted by Gasteiger charge is -2.29. The first-order chi connectivity index (χ1) is 12.5. The monoisotopic (exact) mass is 395 g/mol. The van der Waals surface area contributed by atoms with Crippen molar-refractivity contribution < 1.29 is 13.2 Å². The van der Waals surface area contributed by atoms with Crippen LogP contribution in [0.3, 0.4) is 0 Å². The quantitative estimate of drug-likeness (QED) is 0.709. The molecule has 0 spiro atoms. The maximum atomic E-state index is 11.5. The van der Waals surface area contributed by atoms with Gasteiger partial charge in [-0.3, -0.25) is 4.90 Å². The van der Waals surface area contributed by atoms with Crippen molar-refractivity contribution in [1.29, 1.82) is 0 Å². The summed E-state index contributed by atoms with van der Waals surface area (Å²) in [6, 6.07) is 8.09. The fraction of sp³-hybridized carbons (Fsp3) is 0.500. The van der Waals surface area contributed by atoms with Crippen LogP contribution in [0.25, 0.3) is 0 Å². The van der Waals surface area contributed by atoms with Crippen molar-refractivity contribution in [1.82, 2.24) is 15.5 Å². The number of nitrogens with zero attached hydrogens (tertiary/aromatic N) is 1. The highest BCUT2D eigenvalue weighted by Crippen LogP contribution is 2.26. The number of ether oxygens (including phenoxy) is 1. The largest absolute Gasteiger partial charge is 0.497 e. The third-order valence-electron chi connectivity index (χ3n) is 4.78. The fourth-order valence-corrected chi connectivity index (χ4v) is 4.88. The summed E-state index contributed by atoms with van der Waals surface area (Å²) < 4.78 is 28.2. The molecule has 2 heterocycles. The molecule has 0 aromatic heterocycles. The summed E-state index contributed by atoms with van der Waals surface area (Å²) in [5, 5.41) is 8.05. The summed E-state index contributed by atoms with van der Waals surface area (Å²) in [5.74, 6) is 0.899. The van der Waals surface area contributed by atoms with Crippen molar-refractivity contribution in [3.05, 3.63) is 41.3 Å². The van der Waals surface area contributed by atoms with Crippen molar-refractivity contribution in [3.63, 3.8) is 0 Å². The van der Waals surface area contributed by atoms with Crippen LogP contribution >= 0.6 is 12.2 Å². The molecule has 2 atom stereocenters. The number of sulfone groups is 1. The average molecular weight is 396 g/mol. The minimum atomic E-state index is -3.09. The van der Waals surface area contributed by atoms with Crippen molar-refractivity contribution in [2.75, 3.05) is 32.5 Å². The van der Waals surface area contributed by atoms with Gasteiger partial charge in [0.2, 0.25) is 0 Å². The molecule has 3 rings (SSSR count). The highest BCUT2D eigenvalue weighted by Gasteiger charge is 2.25. The van der Waals surface area contributed by atoms with Gasteiger partial charge >= 0.3 is 0 Å². The Hall–Kier alpha value is -1.64. The molecule has 1 aromatic rings. The number of likely N-dealkylation sites (tertiary alicyclic amines) is 1. The molecule has 2 aliphatic rings. The molecular weight excluding hydrogens is 370 g/mol. The van der Waals surface area contributed by atoms with E-state index >= 15 is 0 Å². The Morgan fingerprint density at radius 3 is 2.58 bits per heavy atom. The lowest BCUT2D eigenvalue weighted by molar-refractivity contribution is 0.245. The van der Waals surface area contributed by atoms with E-state index in [9.17, 15) is 8.42 Å². The Kier molecular flexibility index (Phi) is 6.16. The normalized spacial score (nSPS) is 22.9. The Labute approximate surface area is 160 Å². The second-order valence-corrected chi connectivity index (χ2v) is 8.99. The molecule has 1 aromatic carbocycles. The molecule has 26 heavy (non-hydrogen) atoms. The average Bonchev–Trinajstić information content (AvgIpc) is 3.25. The van der Waals surface area contributed by atoms with Crippen molar-refractivity contribution in [2.24, 2.45) is 0 Å². The highest BCUT2D eigenvalue weighted by atomic mass is 32.2. The van der Waals surface area contributed by atoms with Crippen LogP contribution in [-0.4, -0.2) is 57.0 Å². The van der Waals surface area contributed by atoms with Gasteiger partial charge in [0.15, 0.2) is 14.9 Å². The zero-order chi connectivity index (χ0) is 18.6. The minimum Gasteiger partial charge on any atom is -0.497 e. The predicted molar refractivity (Wildman–Crippen MR) is 107 cm³/mol. The minimum absolute atomic E-state index is 0.0584. The van der Waals surface area contributed by atoms with Crippen LogP contribution in [0, 0.1) is 0 Å². The molecule has 2 N–H and O–H groups in total. The van der Waals surface area contributed by atoms with E-state index in [0.717, 1.165) is 18.8 Å². The molecule has 0 amide bonds. The number of rotatable bonds is 6. The molecule has 0 saturated carbocycles. The highest BCUT2D eigenvalue weighted by molar-refractivity contribution is 7.94. The SMILES string of the molecule is COc1ccc([C@H](CNC(=S)N[C@@H]2C=CS(=O)(=O)C2)N2CCCC2)cc1. The van der Waals surface area contributed by atoms with Gasteiger partial charge in [-0.25, -0.2) is 8.42 Å². The third-order valence-corrected chi connectivity index (χ3v) is 6.44. The third kappa shape index (κ3) is 4.96. The van der Waals surface area contributed by atoms with Crippen LogP contribution < -0.4 is 15.4 Å². The molecule has 6 nitrogen and oxygen atoms in total. The molecule has 1 saturated heterocycles. The lowest BCUT2D eigenvalue weighted by Crippen LogP contribution is -2.45. The Balaban J connectivity index is 1.60. The van der Waals surface area contributed by atoms with Crippen molar-refractivity contribution >= 4 is 27.2 Å². The number of hydrogen-bond acceptors (Lipinski definition) is 5. The molecule has 8 heteroatoms. The van der Waals surface area contributed by atoms with E-state index in [1.807, 2.05) is 12.1 Å². The summed E-state index contributed by atoms with van der Waals surface area (Å²) in [7, 11) is -1.42. The topological polar surface area (TPSA) is 70.7 Å². The number of methoxy groups -OCH3 is 1. The van der Waals surface area contributed by atoms with E-state index < -0.39 is 9.84 Å². The Morgan fingerprint density at radius 2 is 2.00 bits per heavy atom. The molecule has 0 aliphatic carbocycles. The first kappa shape index (κ1) is 19.1. The fourth-order valence-electron chi connectivity index (χ4n) is 3.41. The van der Waals surface area contributed by atoms with Gasteiger partial charge in [0.1, 0.15) is 5.75 Å². The molecule has 0 bridgehead atoms. The molecule has 2 aliphatic heterocycles. The van der Waals surface area contributed by atoms with Gasteiger partial charge in [0.25, 0.3) is 0 Å². The van der Waals surface area contributed by atoms with E-state index in [2.05, 4.69) is 27.7 Å². The summed E-state index contributed by atoms with van der Waals surface area (Å²) >= 11 is 5.36. The van der Waals surface area contributed by atoms with E-state index in [1.54, 1.807) is 13.2 Å². The standard InChI is InChI=1S/C18H25N3O3S2/c1-24-16-6-4-14(5-7-16)17(21-9-2-3-10-21)12-19-18(25)20-15-8-11-26(22,23)13-15/h4-8,11,15,17H,2-3,9-10,12-13H2,1H3,(H2,19,20,25)/t15-,17+/m1/s1. The Morgan fingerprint density at radius 1 is 1.31 bits per heavy atom. The second kappa shape index (κ2) is 8.37. The Bertz CT molecular complexity index is 756. The summed E-state index contributed by atoms with van der Waals surface area (Å²) in [6.45, 7) is 2.81. The van der Waals surface area contributed by atoms with Crippen molar-refractivity contribution in [3.8, 4) is 5.75 Å². The van der Waals surface area contributed by atoms with E-state index in [4.69, 9.17) is 17.0 Å². The smallest absolute Gasteiger partial charge is 0.173 e. The second-order valence-electron chi connectivity index (χ2n) is 6.65. The van der Waals surface area contributed by atoms with E-state index in [0.29, 0.717) is 11.7 Å². The first-order valence-electron chi connectivity index (χ1n) is 8.80. The zero-order valence-electron chi connectivity index (χ0n) is 14.8. The molecular formula is C18H25N3O3S2. The summed E-state index contributed by atoms with van der Waals surface area (Å²) in [6.07, 6.45) is 4.06. The predicted octanol–water partition coefficient (Wildman–Crippen LogP) is 1.61. The van der Waals surface area contributed by atoms with Crippen LogP contribution in [0.5, 0.6) is 5.75 Å². The van der Waals surface area contributed by atoms with Gasteiger partial charge < -0.3 is 15.4 Å². The first-order valence-corrected chi connectivity index (χ1v) is 10.9. The van der Waals surface area contributed by atoms with Crippen LogP contribution in [0.15, 0.2) is 35.7 Å². The number of hydrogen-bond donors (Lipinski definition) is 2. The number of benzene rings is 1. The zero-order valence-corrected chi connectivity index (χ0v) is 16.5. The van der Waals surface area contributed by atoms with Gasteiger partial charge in [-0.15, -0.1) is 0 Å². The van der Waals surface area contributed by atoms with Crippen LogP contribution in [-0.2, 0) is 9.84 Å². The van der Waals surface area contributed by atoms with Gasteiger partial charge in [-0.1, -0.05) is 12.1 Å². The van der Waals surface area contributed by atoms with Gasteiger partial charge in [-0.05, 0) is 61.9 Å². The molecule has 1 fully saturated rings. The summed E-state index contributed by atoms with van der Waals surface area (Å²) in [5.41, 5.74) is 1.21. The lowest BCUT2D eigenvalue weighted by atomic mass is 10.1. The summed E-state index contributed by atoms with van der Waals surface area (Å²) in [4.78, 5) is 2.46. The van der Waals surface area contributed by atoms with Crippen LogP contribution in [0.4, 0.5) is 0 Å². The molecule has 142 valence electrons. The number of thiocarbonyl (C=S) groups is 1. The maximum Gasteiger partial charge on any atom is 0.173 e. The molecule has 0 radical (unpaired) electrons. The maximum absolute atomic E-state index is 11.5. The van der Waals surface area contributed by atoms with E-state index in [1.165, 1.54) is 23.8 Å². The van der Waals surface area contributed by atoms with Crippen LogP contribution in [0.2, 0.25) is 0 Å².